The van der Waals surface area contributed by atoms with Crippen molar-refractivity contribution in [1.82, 2.24) is 9.97 Å². The molecule has 0 unspecified atom stereocenters. The Morgan fingerprint density at radius 1 is 1.10 bits per heavy atom. The van der Waals surface area contributed by atoms with Crippen LogP contribution >= 0.6 is 0 Å². The van der Waals surface area contributed by atoms with Crippen LogP contribution in [-0.2, 0) is 12.8 Å². The summed E-state index contributed by atoms with van der Waals surface area (Å²) in [5, 5.41) is 6.57. The molecule has 0 radical (unpaired) electrons. The first-order chi connectivity index (χ1) is 10.1. The maximum atomic E-state index is 4.59. The van der Waals surface area contributed by atoms with Gasteiger partial charge in [0, 0.05) is 25.6 Å². The molecule has 0 aliphatic carbocycles. The molecule has 21 heavy (non-hydrogen) atoms. The van der Waals surface area contributed by atoms with Crippen LogP contribution in [0.15, 0.2) is 24.3 Å². The number of aromatic nitrogens is 2. The number of hydrogen-bond donors (Lipinski definition) is 2. The van der Waals surface area contributed by atoms with E-state index >= 15 is 0 Å². The molecule has 0 fully saturated rings. The van der Waals surface area contributed by atoms with E-state index in [0.717, 1.165) is 42.4 Å². The van der Waals surface area contributed by atoms with Crippen LogP contribution in [0.3, 0.4) is 0 Å². The van der Waals surface area contributed by atoms with Gasteiger partial charge < -0.3 is 10.6 Å². The molecule has 0 atom stereocenters. The summed E-state index contributed by atoms with van der Waals surface area (Å²) < 4.78 is 0. The lowest BCUT2D eigenvalue weighted by molar-refractivity contribution is 0.917. The SMILES string of the molecule is CCc1nc(NC)c(C)c(NCCc2cccc(C)c2)n1. The summed E-state index contributed by atoms with van der Waals surface area (Å²) in [6.45, 7) is 7.10. The Labute approximate surface area is 127 Å². The second kappa shape index (κ2) is 7.07. The quantitative estimate of drug-likeness (QED) is 0.854. The molecule has 2 aromatic rings. The van der Waals surface area contributed by atoms with Crippen LogP contribution in [0, 0.1) is 13.8 Å². The molecule has 0 aliphatic rings. The first-order valence-corrected chi connectivity index (χ1v) is 7.48. The zero-order valence-electron chi connectivity index (χ0n) is 13.3. The van der Waals surface area contributed by atoms with Crippen molar-refractivity contribution in [2.45, 2.75) is 33.6 Å². The first kappa shape index (κ1) is 15.3. The lowest BCUT2D eigenvalue weighted by Gasteiger charge is -2.13. The standard InChI is InChI=1S/C17H24N4/c1-5-15-20-16(18-4)13(3)17(21-15)19-10-9-14-8-6-7-12(2)11-14/h6-8,11H,5,9-10H2,1-4H3,(H2,18,19,20,21). The van der Waals surface area contributed by atoms with Crippen molar-refractivity contribution < 1.29 is 0 Å². The molecule has 1 aromatic heterocycles. The Bertz CT molecular complexity index is 608. The van der Waals surface area contributed by atoms with Gasteiger partial charge in [0.25, 0.3) is 0 Å². The minimum Gasteiger partial charge on any atom is -0.373 e. The number of benzene rings is 1. The number of nitrogens with one attached hydrogen (secondary N) is 2. The lowest BCUT2D eigenvalue weighted by atomic mass is 10.1. The average Bonchev–Trinajstić information content (AvgIpc) is 2.49. The van der Waals surface area contributed by atoms with E-state index in [1.807, 2.05) is 14.0 Å². The predicted octanol–water partition coefficient (Wildman–Crippen LogP) is 3.35. The Hall–Kier alpha value is -2.10. The van der Waals surface area contributed by atoms with E-state index in [-0.39, 0.29) is 0 Å². The second-order valence-corrected chi connectivity index (χ2v) is 5.23. The van der Waals surface area contributed by atoms with Gasteiger partial charge in [-0.3, -0.25) is 0 Å². The van der Waals surface area contributed by atoms with E-state index in [9.17, 15) is 0 Å². The molecule has 1 aromatic carbocycles. The van der Waals surface area contributed by atoms with Crippen molar-refractivity contribution in [2.24, 2.45) is 0 Å². The van der Waals surface area contributed by atoms with Crippen molar-refractivity contribution in [2.75, 3.05) is 24.2 Å². The number of anilines is 2. The van der Waals surface area contributed by atoms with E-state index < -0.39 is 0 Å². The van der Waals surface area contributed by atoms with E-state index in [2.05, 4.69) is 58.7 Å². The highest BCUT2D eigenvalue weighted by atomic mass is 15.1. The number of rotatable bonds is 6. The largest absolute Gasteiger partial charge is 0.373 e. The van der Waals surface area contributed by atoms with Crippen LogP contribution in [0.2, 0.25) is 0 Å². The fourth-order valence-corrected chi connectivity index (χ4v) is 2.33. The first-order valence-electron chi connectivity index (χ1n) is 7.48. The highest BCUT2D eigenvalue weighted by molar-refractivity contribution is 5.57. The number of hydrogen-bond acceptors (Lipinski definition) is 4. The number of nitrogens with zero attached hydrogens (tertiary/aromatic N) is 2. The molecule has 0 bridgehead atoms. The summed E-state index contributed by atoms with van der Waals surface area (Å²) >= 11 is 0. The molecule has 2 rings (SSSR count). The molecule has 2 N–H and O–H groups in total. The molecule has 0 saturated heterocycles. The van der Waals surface area contributed by atoms with Crippen LogP contribution in [0.4, 0.5) is 11.6 Å². The minimum atomic E-state index is 0.835. The normalized spacial score (nSPS) is 10.5. The van der Waals surface area contributed by atoms with Gasteiger partial charge in [-0.25, -0.2) is 9.97 Å². The Kier molecular flexibility index (Phi) is 5.14. The summed E-state index contributed by atoms with van der Waals surface area (Å²) in [6, 6.07) is 8.62. The Balaban J connectivity index is 2.05. The van der Waals surface area contributed by atoms with Gasteiger partial charge in [-0.1, -0.05) is 36.8 Å². The minimum absolute atomic E-state index is 0.835. The lowest BCUT2D eigenvalue weighted by Crippen LogP contribution is -2.11. The van der Waals surface area contributed by atoms with Gasteiger partial charge in [-0.15, -0.1) is 0 Å². The fourth-order valence-electron chi connectivity index (χ4n) is 2.33. The van der Waals surface area contributed by atoms with E-state index in [0.29, 0.717) is 0 Å². The number of aryl methyl sites for hydroxylation is 2. The summed E-state index contributed by atoms with van der Waals surface area (Å²) in [6.07, 6.45) is 1.82. The maximum absolute atomic E-state index is 4.59. The topological polar surface area (TPSA) is 49.8 Å². The highest BCUT2D eigenvalue weighted by Crippen LogP contribution is 2.19. The van der Waals surface area contributed by atoms with Crippen molar-refractivity contribution in [1.29, 1.82) is 0 Å². The van der Waals surface area contributed by atoms with E-state index in [4.69, 9.17) is 0 Å². The second-order valence-electron chi connectivity index (χ2n) is 5.23. The van der Waals surface area contributed by atoms with Gasteiger partial charge in [0.1, 0.15) is 17.5 Å². The van der Waals surface area contributed by atoms with Crippen LogP contribution in [0.25, 0.3) is 0 Å². The van der Waals surface area contributed by atoms with E-state index in [1.165, 1.54) is 11.1 Å². The van der Waals surface area contributed by atoms with Gasteiger partial charge in [0.15, 0.2) is 0 Å². The molecule has 0 spiro atoms. The van der Waals surface area contributed by atoms with Crippen molar-refractivity contribution in [3.63, 3.8) is 0 Å². The maximum Gasteiger partial charge on any atom is 0.134 e. The van der Waals surface area contributed by atoms with Crippen molar-refractivity contribution in [3.05, 3.63) is 46.8 Å². The average molecular weight is 284 g/mol. The van der Waals surface area contributed by atoms with Crippen LogP contribution in [0.1, 0.15) is 29.4 Å². The Morgan fingerprint density at radius 2 is 1.86 bits per heavy atom. The summed E-state index contributed by atoms with van der Waals surface area (Å²) in [4.78, 5) is 9.07. The molecule has 0 saturated carbocycles. The summed E-state index contributed by atoms with van der Waals surface area (Å²) in [5.41, 5.74) is 3.72. The van der Waals surface area contributed by atoms with Gasteiger partial charge in [0.05, 0.1) is 0 Å². The van der Waals surface area contributed by atoms with E-state index in [1.54, 1.807) is 0 Å². The molecule has 4 nitrogen and oxygen atoms in total. The monoisotopic (exact) mass is 284 g/mol. The molecular formula is C17H24N4. The van der Waals surface area contributed by atoms with Gasteiger partial charge in [-0.05, 0) is 25.8 Å². The van der Waals surface area contributed by atoms with Gasteiger partial charge >= 0.3 is 0 Å². The van der Waals surface area contributed by atoms with Crippen molar-refractivity contribution >= 4 is 11.6 Å². The molecule has 1 heterocycles. The summed E-state index contributed by atoms with van der Waals surface area (Å²) in [7, 11) is 1.89. The van der Waals surface area contributed by atoms with Crippen LogP contribution < -0.4 is 10.6 Å². The third-order valence-electron chi connectivity index (χ3n) is 3.53. The molecule has 112 valence electrons. The van der Waals surface area contributed by atoms with Crippen LogP contribution in [0.5, 0.6) is 0 Å². The van der Waals surface area contributed by atoms with Gasteiger partial charge in [0.2, 0.25) is 0 Å². The molecule has 0 aliphatic heterocycles. The zero-order chi connectivity index (χ0) is 15.2. The third kappa shape index (κ3) is 3.94. The third-order valence-corrected chi connectivity index (χ3v) is 3.53. The van der Waals surface area contributed by atoms with Crippen molar-refractivity contribution in [3.8, 4) is 0 Å². The fraction of sp³-hybridized carbons (Fsp3) is 0.412. The molecule has 4 heteroatoms. The van der Waals surface area contributed by atoms with Gasteiger partial charge in [-0.2, -0.15) is 0 Å². The Morgan fingerprint density at radius 3 is 2.52 bits per heavy atom. The smallest absolute Gasteiger partial charge is 0.134 e. The molecule has 0 amide bonds. The predicted molar refractivity (Wildman–Crippen MR) is 89.1 cm³/mol. The molecular weight excluding hydrogens is 260 g/mol. The zero-order valence-corrected chi connectivity index (χ0v) is 13.3. The summed E-state index contributed by atoms with van der Waals surface area (Å²) in [5.74, 6) is 2.70. The van der Waals surface area contributed by atoms with Crippen LogP contribution in [-0.4, -0.2) is 23.6 Å². The highest BCUT2D eigenvalue weighted by Gasteiger charge is 2.08.